The first-order valence-electron chi connectivity index (χ1n) is 6.27. The summed E-state index contributed by atoms with van der Waals surface area (Å²) >= 11 is 6.09. The first-order valence-corrected chi connectivity index (χ1v) is 6.65. The lowest BCUT2D eigenvalue weighted by molar-refractivity contribution is -0.144. The number of halogens is 1. The second-order valence-electron chi connectivity index (χ2n) is 4.98. The molecule has 0 unspecified atom stereocenters. The quantitative estimate of drug-likeness (QED) is 0.895. The van der Waals surface area contributed by atoms with Crippen LogP contribution in [-0.2, 0) is 4.79 Å². The predicted octanol–water partition coefficient (Wildman–Crippen LogP) is 2.78. The van der Waals surface area contributed by atoms with Crippen molar-refractivity contribution in [1.82, 2.24) is 5.32 Å². The molecule has 1 aromatic carbocycles. The van der Waals surface area contributed by atoms with E-state index in [2.05, 4.69) is 5.32 Å². The van der Waals surface area contributed by atoms with Gasteiger partial charge in [-0.05, 0) is 31.4 Å². The molecule has 0 heterocycles. The molecule has 2 N–H and O–H groups in total. The molecule has 1 fully saturated rings. The molecular weight excluding hydrogens is 266 g/mol. The molecule has 0 radical (unpaired) electrons. The van der Waals surface area contributed by atoms with Crippen LogP contribution in [0.15, 0.2) is 18.2 Å². The molecule has 102 valence electrons. The molecule has 5 heteroatoms. The summed E-state index contributed by atoms with van der Waals surface area (Å²) in [5.41, 5.74) is -0.0104. The van der Waals surface area contributed by atoms with Crippen LogP contribution in [0.2, 0.25) is 5.02 Å². The van der Waals surface area contributed by atoms with Gasteiger partial charge in [-0.15, -0.1) is 0 Å². The summed E-state index contributed by atoms with van der Waals surface area (Å²) in [6, 6.07) is 5.15. The number of hydrogen-bond donors (Lipinski definition) is 2. The third kappa shape index (κ3) is 2.59. The number of rotatable bonds is 3. The Kier molecular flexibility index (Phi) is 3.80. The van der Waals surface area contributed by atoms with E-state index in [4.69, 9.17) is 11.6 Å². The van der Waals surface area contributed by atoms with Crippen LogP contribution in [0.4, 0.5) is 0 Å². The second-order valence-corrected chi connectivity index (χ2v) is 5.36. The monoisotopic (exact) mass is 281 g/mol. The van der Waals surface area contributed by atoms with Gasteiger partial charge in [0.2, 0.25) is 0 Å². The van der Waals surface area contributed by atoms with Crippen molar-refractivity contribution in [2.45, 2.75) is 38.1 Å². The summed E-state index contributed by atoms with van der Waals surface area (Å²) in [4.78, 5) is 23.6. The van der Waals surface area contributed by atoms with Crippen molar-refractivity contribution in [3.8, 4) is 0 Å². The lowest BCUT2D eigenvalue weighted by Crippen LogP contribution is -2.52. The van der Waals surface area contributed by atoms with Gasteiger partial charge in [-0.3, -0.25) is 4.79 Å². The van der Waals surface area contributed by atoms with E-state index in [1.165, 1.54) is 0 Å². The van der Waals surface area contributed by atoms with Gasteiger partial charge in [-0.25, -0.2) is 4.79 Å². The lowest BCUT2D eigenvalue weighted by atomic mass is 9.97. The van der Waals surface area contributed by atoms with Gasteiger partial charge in [0.05, 0.1) is 10.6 Å². The van der Waals surface area contributed by atoms with Gasteiger partial charge in [0.25, 0.3) is 5.91 Å². The minimum atomic E-state index is -1.13. The number of benzene rings is 1. The zero-order valence-corrected chi connectivity index (χ0v) is 11.5. The van der Waals surface area contributed by atoms with Gasteiger partial charge in [0.1, 0.15) is 5.54 Å². The second kappa shape index (κ2) is 5.21. The molecule has 0 saturated heterocycles. The third-order valence-electron chi connectivity index (χ3n) is 3.66. The number of hydrogen-bond acceptors (Lipinski definition) is 2. The van der Waals surface area contributed by atoms with Gasteiger partial charge in [0.15, 0.2) is 0 Å². The molecule has 1 amide bonds. The van der Waals surface area contributed by atoms with Crippen molar-refractivity contribution in [3.63, 3.8) is 0 Å². The number of carbonyl (C=O) groups is 2. The highest BCUT2D eigenvalue weighted by atomic mass is 35.5. The Morgan fingerprint density at radius 2 is 1.95 bits per heavy atom. The highest BCUT2D eigenvalue weighted by Crippen LogP contribution is 2.31. The summed E-state index contributed by atoms with van der Waals surface area (Å²) in [5, 5.41) is 12.4. The molecule has 0 aliphatic heterocycles. The molecule has 2 rings (SSSR count). The fourth-order valence-corrected chi connectivity index (χ4v) is 2.69. The maximum atomic E-state index is 12.2. The smallest absolute Gasteiger partial charge is 0.329 e. The zero-order valence-electron chi connectivity index (χ0n) is 10.7. The first-order chi connectivity index (χ1) is 8.96. The topological polar surface area (TPSA) is 66.4 Å². The number of aryl methyl sites for hydroxylation is 1. The van der Waals surface area contributed by atoms with Crippen molar-refractivity contribution in [2.75, 3.05) is 0 Å². The normalized spacial score (nSPS) is 17.2. The Morgan fingerprint density at radius 3 is 2.53 bits per heavy atom. The molecule has 1 aromatic rings. The van der Waals surface area contributed by atoms with E-state index in [1.807, 2.05) is 13.0 Å². The van der Waals surface area contributed by atoms with Gasteiger partial charge in [-0.1, -0.05) is 36.6 Å². The number of aliphatic carboxylic acids is 1. The number of amides is 1. The largest absolute Gasteiger partial charge is 0.480 e. The summed E-state index contributed by atoms with van der Waals surface area (Å²) < 4.78 is 0. The van der Waals surface area contributed by atoms with E-state index in [1.54, 1.807) is 12.1 Å². The minimum absolute atomic E-state index is 0.328. The van der Waals surface area contributed by atoms with Crippen molar-refractivity contribution in [3.05, 3.63) is 34.3 Å². The van der Waals surface area contributed by atoms with E-state index in [9.17, 15) is 14.7 Å². The highest BCUT2D eigenvalue weighted by Gasteiger charge is 2.42. The Hall–Kier alpha value is -1.55. The highest BCUT2D eigenvalue weighted by molar-refractivity contribution is 6.34. The minimum Gasteiger partial charge on any atom is -0.480 e. The molecule has 0 spiro atoms. The van der Waals surface area contributed by atoms with Gasteiger partial charge < -0.3 is 10.4 Å². The van der Waals surface area contributed by atoms with E-state index >= 15 is 0 Å². The number of carboxylic acid groups (broad SMARTS) is 1. The molecule has 1 aliphatic carbocycles. The average Bonchev–Trinajstić information content (AvgIpc) is 2.82. The summed E-state index contributed by atoms with van der Waals surface area (Å²) in [6.45, 7) is 1.81. The maximum Gasteiger partial charge on any atom is 0.329 e. The Labute approximate surface area is 116 Å². The molecule has 4 nitrogen and oxygen atoms in total. The summed E-state index contributed by atoms with van der Waals surface area (Å²) in [5.74, 6) is -1.39. The van der Waals surface area contributed by atoms with Crippen molar-refractivity contribution in [1.29, 1.82) is 0 Å². The van der Waals surface area contributed by atoms with Gasteiger partial charge >= 0.3 is 5.97 Å². The molecule has 1 saturated carbocycles. The first kappa shape index (κ1) is 13.9. The van der Waals surface area contributed by atoms with Crippen LogP contribution in [0.3, 0.4) is 0 Å². The number of carboxylic acids is 1. The van der Waals surface area contributed by atoms with E-state index < -0.39 is 17.4 Å². The fourth-order valence-electron chi connectivity index (χ4n) is 2.48. The third-order valence-corrected chi connectivity index (χ3v) is 4.16. The van der Waals surface area contributed by atoms with Crippen LogP contribution in [0.25, 0.3) is 0 Å². The van der Waals surface area contributed by atoms with Crippen molar-refractivity contribution in [2.24, 2.45) is 0 Å². The van der Waals surface area contributed by atoms with E-state index in [0.717, 1.165) is 18.4 Å². The Morgan fingerprint density at radius 1 is 1.32 bits per heavy atom. The Bertz CT molecular complexity index is 521. The van der Waals surface area contributed by atoms with Gasteiger partial charge in [0, 0.05) is 0 Å². The van der Waals surface area contributed by atoms with Gasteiger partial charge in [-0.2, -0.15) is 0 Å². The average molecular weight is 282 g/mol. The number of carbonyl (C=O) groups excluding carboxylic acids is 1. The van der Waals surface area contributed by atoms with Crippen LogP contribution in [0.1, 0.15) is 41.6 Å². The maximum absolute atomic E-state index is 12.2. The lowest BCUT2D eigenvalue weighted by Gasteiger charge is -2.25. The fraction of sp³-hybridized carbons (Fsp3) is 0.429. The van der Waals surface area contributed by atoms with Crippen LogP contribution in [-0.4, -0.2) is 22.5 Å². The Balaban J connectivity index is 2.25. The SMILES string of the molecule is Cc1cccc(C(=O)NC2(C(=O)O)CCCC2)c1Cl. The molecule has 0 atom stereocenters. The van der Waals surface area contributed by atoms with Crippen LogP contribution in [0.5, 0.6) is 0 Å². The van der Waals surface area contributed by atoms with Crippen LogP contribution in [0, 0.1) is 6.92 Å². The standard InChI is InChI=1S/C14H16ClNO3/c1-9-5-4-6-10(11(9)15)12(17)16-14(13(18)19)7-2-3-8-14/h4-6H,2-3,7-8H2,1H3,(H,16,17)(H,18,19). The van der Waals surface area contributed by atoms with Crippen molar-refractivity contribution < 1.29 is 14.7 Å². The summed E-state index contributed by atoms with van der Waals surface area (Å²) in [6.07, 6.45) is 2.57. The molecular formula is C14H16ClNO3. The van der Waals surface area contributed by atoms with Crippen LogP contribution < -0.4 is 5.32 Å². The molecule has 1 aliphatic rings. The summed E-state index contributed by atoms with van der Waals surface area (Å²) in [7, 11) is 0. The van der Waals surface area contributed by atoms with E-state index in [0.29, 0.717) is 23.4 Å². The van der Waals surface area contributed by atoms with E-state index in [-0.39, 0.29) is 0 Å². The number of nitrogens with one attached hydrogen (secondary N) is 1. The predicted molar refractivity (Wildman–Crippen MR) is 72.5 cm³/mol. The molecule has 0 bridgehead atoms. The molecule has 0 aromatic heterocycles. The van der Waals surface area contributed by atoms with Crippen LogP contribution >= 0.6 is 11.6 Å². The molecule has 19 heavy (non-hydrogen) atoms. The van der Waals surface area contributed by atoms with Crippen molar-refractivity contribution >= 4 is 23.5 Å². The zero-order chi connectivity index (χ0) is 14.0.